The Bertz CT molecular complexity index is 782. The molecule has 27 heavy (non-hydrogen) atoms. The van der Waals surface area contributed by atoms with Crippen LogP contribution in [0.3, 0.4) is 0 Å². The van der Waals surface area contributed by atoms with Gasteiger partial charge in [0.05, 0.1) is 20.3 Å². The molecular formula is C21H22O6. The molecule has 2 aromatic rings. The largest absolute Gasteiger partial charge is 0.497 e. The summed E-state index contributed by atoms with van der Waals surface area (Å²) in [5.41, 5.74) is 0.839. The first-order valence-corrected chi connectivity index (χ1v) is 8.76. The van der Waals surface area contributed by atoms with Crippen LogP contribution in [0.25, 0.3) is 6.08 Å². The van der Waals surface area contributed by atoms with Crippen LogP contribution in [0, 0.1) is 0 Å². The first-order valence-electron chi connectivity index (χ1n) is 8.76. The summed E-state index contributed by atoms with van der Waals surface area (Å²) in [7, 11) is 1.61. The van der Waals surface area contributed by atoms with Gasteiger partial charge in [0.25, 0.3) is 0 Å². The quantitative estimate of drug-likeness (QED) is 0.422. The highest BCUT2D eigenvalue weighted by Gasteiger charge is 2.09. The lowest BCUT2D eigenvalue weighted by Crippen LogP contribution is -2.10. The smallest absolute Gasteiger partial charge is 0.330 e. The molecule has 6 heteroatoms. The third-order valence-electron chi connectivity index (χ3n) is 3.84. The van der Waals surface area contributed by atoms with Crippen molar-refractivity contribution in [1.82, 2.24) is 0 Å². The SMILES string of the molecule is COc1ccc(OCCOC(=O)/C=C/c2ccc3c(c2)OCCCO3)cc1. The fraction of sp³-hybridized carbons (Fsp3) is 0.286. The Kier molecular flexibility index (Phi) is 6.57. The zero-order valence-corrected chi connectivity index (χ0v) is 15.2. The maximum atomic E-state index is 11.8. The molecule has 1 aliphatic heterocycles. The monoisotopic (exact) mass is 370 g/mol. The van der Waals surface area contributed by atoms with Gasteiger partial charge in [-0.3, -0.25) is 0 Å². The number of fused-ring (bicyclic) bond motifs is 1. The molecule has 0 amide bonds. The lowest BCUT2D eigenvalue weighted by molar-refractivity contribution is -0.138. The molecule has 142 valence electrons. The first kappa shape index (κ1) is 18.6. The zero-order valence-electron chi connectivity index (χ0n) is 15.2. The molecule has 1 heterocycles. The van der Waals surface area contributed by atoms with Gasteiger partial charge in [-0.1, -0.05) is 6.07 Å². The molecule has 6 nitrogen and oxygen atoms in total. The lowest BCUT2D eigenvalue weighted by atomic mass is 10.2. The van der Waals surface area contributed by atoms with Gasteiger partial charge in [-0.05, 0) is 48.0 Å². The van der Waals surface area contributed by atoms with Crippen LogP contribution in [0.5, 0.6) is 23.0 Å². The van der Waals surface area contributed by atoms with Gasteiger partial charge in [-0.25, -0.2) is 4.79 Å². The van der Waals surface area contributed by atoms with Gasteiger partial charge in [-0.2, -0.15) is 0 Å². The van der Waals surface area contributed by atoms with Crippen molar-refractivity contribution in [2.24, 2.45) is 0 Å². The highest BCUT2D eigenvalue weighted by molar-refractivity contribution is 5.87. The fourth-order valence-electron chi connectivity index (χ4n) is 2.47. The molecular weight excluding hydrogens is 348 g/mol. The van der Waals surface area contributed by atoms with E-state index in [0.29, 0.717) is 24.7 Å². The number of hydrogen-bond donors (Lipinski definition) is 0. The predicted octanol–water partition coefficient (Wildman–Crippen LogP) is 3.49. The van der Waals surface area contributed by atoms with E-state index >= 15 is 0 Å². The summed E-state index contributed by atoms with van der Waals surface area (Å²) < 4.78 is 26.9. The van der Waals surface area contributed by atoms with Crippen molar-refractivity contribution < 1.29 is 28.5 Å². The van der Waals surface area contributed by atoms with Gasteiger partial charge in [0.1, 0.15) is 24.7 Å². The molecule has 0 saturated heterocycles. The second kappa shape index (κ2) is 9.52. The molecule has 0 aromatic heterocycles. The molecule has 0 N–H and O–H groups in total. The molecule has 2 aromatic carbocycles. The molecule has 0 spiro atoms. The lowest BCUT2D eigenvalue weighted by Gasteiger charge is -2.08. The van der Waals surface area contributed by atoms with Crippen molar-refractivity contribution >= 4 is 12.0 Å². The Balaban J connectivity index is 1.42. The Labute approximate surface area is 158 Å². The fourth-order valence-corrected chi connectivity index (χ4v) is 2.47. The number of carbonyl (C=O) groups is 1. The maximum absolute atomic E-state index is 11.8. The summed E-state index contributed by atoms with van der Waals surface area (Å²) in [5.74, 6) is 2.43. The molecule has 1 aliphatic rings. The summed E-state index contributed by atoms with van der Waals surface area (Å²) in [5, 5.41) is 0. The highest BCUT2D eigenvalue weighted by Crippen LogP contribution is 2.30. The molecule has 0 bridgehead atoms. The Morgan fingerprint density at radius 3 is 2.52 bits per heavy atom. The van der Waals surface area contributed by atoms with Gasteiger partial charge in [0.15, 0.2) is 11.5 Å². The molecule has 0 radical (unpaired) electrons. The third kappa shape index (κ3) is 5.67. The second-order valence-electron chi connectivity index (χ2n) is 5.78. The van der Waals surface area contributed by atoms with E-state index in [0.717, 1.165) is 23.5 Å². The number of benzene rings is 2. The number of hydrogen-bond acceptors (Lipinski definition) is 6. The Morgan fingerprint density at radius 1 is 1.00 bits per heavy atom. The predicted molar refractivity (Wildman–Crippen MR) is 101 cm³/mol. The van der Waals surface area contributed by atoms with Crippen LogP contribution in [0.1, 0.15) is 12.0 Å². The minimum absolute atomic E-state index is 0.163. The topological polar surface area (TPSA) is 63.2 Å². The summed E-state index contributed by atoms with van der Waals surface area (Å²) in [6, 6.07) is 12.8. The molecule has 0 aliphatic carbocycles. The number of rotatable bonds is 7. The van der Waals surface area contributed by atoms with Gasteiger partial charge < -0.3 is 23.7 Å². The highest BCUT2D eigenvalue weighted by atomic mass is 16.6. The molecule has 0 atom stereocenters. The van der Waals surface area contributed by atoms with Crippen LogP contribution in [-0.4, -0.2) is 39.5 Å². The molecule has 0 saturated carbocycles. The van der Waals surface area contributed by atoms with Crippen molar-refractivity contribution in [2.75, 3.05) is 33.5 Å². The van der Waals surface area contributed by atoms with Crippen molar-refractivity contribution in [3.05, 3.63) is 54.1 Å². The van der Waals surface area contributed by atoms with Gasteiger partial charge in [-0.15, -0.1) is 0 Å². The van der Waals surface area contributed by atoms with Crippen molar-refractivity contribution in [2.45, 2.75) is 6.42 Å². The Morgan fingerprint density at radius 2 is 1.74 bits per heavy atom. The summed E-state index contributed by atoms with van der Waals surface area (Å²) in [6.07, 6.45) is 3.92. The standard InChI is InChI=1S/C21H22O6/c1-23-17-5-7-18(8-6-17)24-13-14-27-21(22)10-4-16-3-9-19-20(15-16)26-12-2-11-25-19/h3-10,15H,2,11-14H2,1H3/b10-4+. The Hall–Kier alpha value is -3.15. The minimum Gasteiger partial charge on any atom is -0.497 e. The van der Waals surface area contributed by atoms with E-state index in [9.17, 15) is 4.79 Å². The third-order valence-corrected chi connectivity index (χ3v) is 3.84. The molecule has 3 rings (SSSR count). The van der Waals surface area contributed by atoms with Crippen molar-refractivity contribution in [3.63, 3.8) is 0 Å². The van der Waals surface area contributed by atoms with Crippen LogP contribution in [0.15, 0.2) is 48.5 Å². The van der Waals surface area contributed by atoms with E-state index in [1.807, 2.05) is 18.2 Å². The van der Waals surface area contributed by atoms with E-state index in [1.165, 1.54) is 6.08 Å². The summed E-state index contributed by atoms with van der Waals surface area (Å²) in [4.78, 5) is 11.8. The van der Waals surface area contributed by atoms with Crippen molar-refractivity contribution in [3.8, 4) is 23.0 Å². The van der Waals surface area contributed by atoms with Gasteiger partial charge >= 0.3 is 5.97 Å². The van der Waals surface area contributed by atoms with Gasteiger partial charge in [0, 0.05) is 12.5 Å². The van der Waals surface area contributed by atoms with E-state index < -0.39 is 5.97 Å². The molecule has 0 unspecified atom stereocenters. The number of carbonyl (C=O) groups excluding carboxylic acids is 1. The number of esters is 1. The van der Waals surface area contributed by atoms with Crippen molar-refractivity contribution in [1.29, 1.82) is 0 Å². The van der Waals surface area contributed by atoms with E-state index in [4.69, 9.17) is 23.7 Å². The summed E-state index contributed by atoms with van der Waals surface area (Å²) >= 11 is 0. The van der Waals surface area contributed by atoms with Crippen LogP contribution in [0.2, 0.25) is 0 Å². The van der Waals surface area contributed by atoms with Crippen LogP contribution < -0.4 is 18.9 Å². The van der Waals surface area contributed by atoms with E-state index in [-0.39, 0.29) is 13.2 Å². The van der Waals surface area contributed by atoms with E-state index in [2.05, 4.69) is 0 Å². The average molecular weight is 370 g/mol. The van der Waals surface area contributed by atoms with Crippen LogP contribution >= 0.6 is 0 Å². The second-order valence-corrected chi connectivity index (χ2v) is 5.78. The van der Waals surface area contributed by atoms with Gasteiger partial charge in [0.2, 0.25) is 0 Å². The molecule has 0 fully saturated rings. The average Bonchev–Trinajstić information content (AvgIpc) is 2.95. The number of ether oxygens (including phenoxy) is 5. The minimum atomic E-state index is -0.430. The number of methoxy groups -OCH3 is 1. The summed E-state index contributed by atoms with van der Waals surface area (Å²) in [6.45, 7) is 1.70. The first-order chi connectivity index (χ1) is 13.2. The van der Waals surface area contributed by atoms with E-state index in [1.54, 1.807) is 37.5 Å². The normalized spacial score (nSPS) is 13.1. The maximum Gasteiger partial charge on any atom is 0.330 e. The van der Waals surface area contributed by atoms with Crippen LogP contribution in [-0.2, 0) is 9.53 Å². The van der Waals surface area contributed by atoms with Crippen LogP contribution in [0.4, 0.5) is 0 Å². The zero-order chi connectivity index (χ0) is 18.9.